The minimum absolute atomic E-state index is 0.0631. The van der Waals surface area contributed by atoms with E-state index in [4.69, 9.17) is 11.2 Å². The Labute approximate surface area is 157 Å². The molecular weight excluding hydrogens is 352 g/mol. The largest absolute Gasteiger partial charge is 0.492 e. The van der Waals surface area contributed by atoms with Gasteiger partial charge in [-0.15, -0.1) is 12.3 Å². The van der Waals surface area contributed by atoms with Crippen molar-refractivity contribution >= 4 is 21.6 Å². The highest BCUT2D eigenvalue weighted by Gasteiger charge is 2.26. The van der Waals surface area contributed by atoms with Crippen molar-refractivity contribution in [2.45, 2.75) is 51.3 Å². The van der Waals surface area contributed by atoms with Gasteiger partial charge in [0.15, 0.2) is 0 Å². The van der Waals surface area contributed by atoms with Crippen LogP contribution in [0.2, 0.25) is 0 Å². The third-order valence-electron chi connectivity index (χ3n) is 3.83. The molecule has 0 aliphatic carbocycles. The molecule has 0 radical (unpaired) electrons. The van der Waals surface area contributed by atoms with Crippen LogP contribution in [0.15, 0.2) is 23.1 Å². The fraction of sp³-hybridized carbons (Fsp3) is 0.526. The van der Waals surface area contributed by atoms with Crippen molar-refractivity contribution in [3.05, 3.63) is 18.2 Å². The number of benzene rings is 1. The van der Waals surface area contributed by atoms with E-state index in [0.717, 1.165) is 6.42 Å². The van der Waals surface area contributed by atoms with Gasteiger partial charge in [0.2, 0.25) is 15.9 Å². The summed E-state index contributed by atoms with van der Waals surface area (Å²) in [4.78, 5) is 12.1. The van der Waals surface area contributed by atoms with Crippen molar-refractivity contribution in [3.8, 4) is 18.1 Å². The third kappa shape index (κ3) is 6.04. The van der Waals surface area contributed by atoms with Crippen LogP contribution in [-0.4, -0.2) is 38.3 Å². The maximum absolute atomic E-state index is 12.9. The summed E-state index contributed by atoms with van der Waals surface area (Å²) < 4.78 is 32.6. The van der Waals surface area contributed by atoms with E-state index in [1.54, 1.807) is 32.9 Å². The van der Waals surface area contributed by atoms with Gasteiger partial charge < -0.3 is 10.1 Å². The Bertz CT molecular complexity index is 734. The summed E-state index contributed by atoms with van der Waals surface area (Å²) in [5, 5.41) is 2.75. The summed E-state index contributed by atoms with van der Waals surface area (Å²) in [6.07, 6.45) is 7.65. The van der Waals surface area contributed by atoms with E-state index < -0.39 is 10.0 Å². The number of hydrogen-bond donors (Lipinski definition) is 1. The second-order valence-corrected chi connectivity index (χ2v) is 7.55. The summed E-state index contributed by atoms with van der Waals surface area (Å²) >= 11 is 0. The predicted molar refractivity (Wildman–Crippen MR) is 104 cm³/mol. The first-order chi connectivity index (χ1) is 12.4. The van der Waals surface area contributed by atoms with E-state index in [1.807, 2.05) is 0 Å². The number of hydrogen-bond acceptors (Lipinski definition) is 4. The molecule has 144 valence electrons. The van der Waals surface area contributed by atoms with Crippen LogP contribution in [-0.2, 0) is 14.8 Å². The summed E-state index contributed by atoms with van der Waals surface area (Å²) in [6.45, 7) is 6.42. The Morgan fingerprint density at radius 3 is 2.50 bits per heavy atom. The zero-order valence-corrected chi connectivity index (χ0v) is 16.6. The molecule has 0 saturated heterocycles. The van der Waals surface area contributed by atoms with Gasteiger partial charge in [0.25, 0.3) is 0 Å². The lowest BCUT2D eigenvalue weighted by molar-refractivity contribution is -0.116. The van der Waals surface area contributed by atoms with E-state index in [-0.39, 0.29) is 16.6 Å². The summed E-state index contributed by atoms with van der Waals surface area (Å²) in [5.74, 6) is 2.65. The standard InChI is InChI=1S/C19H28N2O4S/c1-5-9-10-11-12-19(22)20-16-13-14-17(25-8-4)18(15-16)26(23,24)21(6-2)7-3/h1,13-15H,6-12H2,2-4H3,(H,20,22). The molecule has 0 fully saturated rings. The number of carbonyl (C=O) groups excluding carboxylic acids is 1. The molecule has 1 N–H and O–H groups in total. The maximum Gasteiger partial charge on any atom is 0.246 e. The minimum atomic E-state index is -3.70. The van der Waals surface area contributed by atoms with Crippen LogP contribution >= 0.6 is 0 Å². The van der Waals surface area contributed by atoms with E-state index in [2.05, 4.69) is 11.2 Å². The third-order valence-corrected chi connectivity index (χ3v) is 5.90. The van der Waals surface area contributed by atoms with Crippen LogP contribution in [0.1, 0.15) is 46.5 Å². The molecule has 0 heterocycles. The number of nitrogens with one attached hydrogen (secondary N) is 1. The Balaban J connectivity index is 3.04. The zero-order chi connectivity index (χ0) is 19.6. The second-order valence-electron chi connectivity index (χ2n) is 5.64. The lowest BCUT2D eigenvalue weighted by atomic mass is 10.2. The van der Waals surface area contributed by atoms with Gasteiger partial charge in [-0.2, -0.15) is 4.31 Å². The van der Waals surface area contributed by atoms with Crippen LogP contribution in [0.4, 0.5) is 5.69 Å². The number of sulfonamides is 1. The van der Waals surface area contributed by atoms with Gasteiger partial charge in [0.1, 0.15) is 10.6 Å². The first kappa shape index (κ1) is 22.0. The molecule has 26 heavy (non-hydrogen) atoms. The van der Waals surface area contributed by atoms with Crippen LogP contribution in [0.3, 0.4) is 0 Å². The molecule has 0 aliphatic heterocycles. The number of unbranched alkanes of at least 4 members (excludes halogenated alkanes) is 2. The van der Waals surface area contributed by atoms with E-state index in [1.165, 1.54) is 10.4 Å². The SMILES string of the molecule is C#CCCCCC(=O)Nc1ccc(OCC)c(S(=O)(=O)N(CC)CC)c1. The van der Waals surface area contributed by atoms with Crippen LogP contribution < -0.4 is 10.1 Å². The average Bonchev–Trinajstić information content (AvgIpc) is 2.61. The molecule has 1 rings (SSSR count). The molecule has 0 aliphatic rings. The molecule has 0 atom stereocenters. The first-order valence-electron chi connectivity index (χ1n) is 8.90. The van der Waals surface area contributed by atoms with E-state index in [0.29, 0.717) is 44.6 Å². The number of ether oxygens (including phenoxy) is 1. The summed E-state index contributed by atoms with van der Waals surface area (Å²) in [7, 11) is -3.70. The molecule has 1 amide bonds. The molecule has 6 nitrogen and oxygen atoms in total. The molecule has 0 spiro atoms. The van der Waals surface area contributed by atoms with Crippen LogP contribution in [0.5, 0.6) is 5.75 Å². The maximum atomic E-state index is 12.9. The minimum Gasteiger partial charge on any atom is -0.492 e. The number of amides is 1. The van der Waals surface area contributed by atoms with Gasteiger partial charge in [-0.3, -0.25) is 4.79 Å². The fourth-order valence-electron chi connectivity index (χ4n) is 2.50. The van der Waals surface area contributed by atoms with Gasteiger partial charge in [-0.05, 0) is 38.0 Å². The highest BCUT2D eigenvalue weighted by atomic mass is 32.2. The lowest BCUT2D eigenvalue weighted by Gasteiger charge is -2.21. The molecular formula is C19H28N2O4S. The van der Waals surface area contributed by atoms with Crippen LogP contribution in [0, 0.1) is 12.3 Å². The number of nitrogens with zero attached hydrogens (tertiary/aromatic N) is 1. The Hall–Kier alpha value is -2.04. The van der Waals surface area contributed by atoms with Crippen molar-refractivity contribution in [2.75, 3.05) is 25.0 Å². The molecule has 0 bridgehead atoms. The topological polar surface area (TPSA) is 75.7 Å². The van der Waals surface area contributed by atoms with Crippen molar-refractivity contribution in [1.29, 1.82) is 0 Å². The molecule has 0 aromatic heterocycles. The van der Waals surface area contributed by atoms with Crippen molar-refractivity contribution in [1.82, 2.24) is 4.31 Å². The highest BCUT2D eigenvalue weighted by molar-refractivity contribution is 7.89. The van der Waals surface area contributed by atoms with Gasteiger partial charge in [0.05, 0.1) is 6.61 Å². The number of rotatable bonds is 11. The smallest absolute Gasteiger partial charge is 0.246 e. The van der Waals surface area contributed by atoms with Gasteiger partial charge in [0, 0.05) is 31.6 Å². The number of carbonyl (C=O) groups is 1. The van der Waals surface area contributed by atoms with E-state index in [9.17, 15) is 13.2 Å². The van der Waals surface area contributed by atoms with Crippen LogP contribution in [0.25, 0.3) is 0 Å². The Morgan fingerprint density at radius 2 is 1.92 bits per heavy atom. The molecule has 1 aromatic carbocycles. The fourth-order valence-corrected chi connectivity index (χ4v) is 4.12. The Morgan fingerprint density at radius 1 is 1.23 bits per heavy atom. The second kappa shape index (κ2) is 10.8. The monoisotopic (exact) mass is 380 g/mol. The average molecular weight is 381 g/mol. The molecule has 1 aromatic rings. The normalized spacial score (nSPS) is 11.2. The number of terminal acetylenes is 1. The van der Waals surface area contributed by atoms with Crippen molar-refractivity contribution < 1.29 is 17.9 Å². The quantitative estimate of drug-likeness (QED) is 0.472. The molecule has 0 unspecified atom stereocenters. The summed E-state index contributed by atoms with van der Waals surface area (Å²) in [5.41, 5.74) is 0.432. The zero-order valence-electron chi connectivity index (χ0n) is 15.7. The van der Waals surface area contributed by atoms with Crippen molar-refractivity contribution in [2.24, 2.45) is 0 Å². The van der Waals surface area contributed by atoms with Gasteiger partial charge in [-0.25, -0.2) is 8.42 Å². The first-order valence-corrected chi connectivity index (χ1v) is 10.3. The predicted octanol–water partition coefficient (Wildman–Crippen LogP) is 3.25. The number of anilines is 1. The van der Waals surface area contributed by atoms with E-state index >= 15 is 0 Å². The Kier molecular flexibility index (Phi) is 9.17. The molecule has 0 saturated carbocycles. The van der Waals surface area contributed by atoms with Gasteiger partial charge in [-0.1, -0.05) is 13.8 Å². The van der Waals surface area contributed by atoms with Gasteiger partial charge >= 0.3 is 0 Å². The highest BCUT2D eigenvalue weighted by Crippen LogP contribution is 2.30. The molecule has 7 heteroatoms. The summed E-state index contributed by atoms with van der Waals surface area (Å²) in [6, 6.07) is 4.68. The lowest BCUT2D eigenvalue weighted by Crippen LogP contribution is -2.31. The van der Waals surface area contributed by atoms with Crippen molar-refractivity contribution in [3.63, 3.8) is 0 Å².